The monoisotopic (exact) mass is 368 g/mol. The summed E-state index contributed by atoms with van der Waals surface area (Å²) in [6.07, 6.45) is 2.79. The summed E-state index contributed by atoms with van der Waals surface area (Å²) in [6, 6.07) is 8.00. The number of carbonyl (C=O) groups excluding carboxylic acids is 1. The minimum Gasteiger partial charge on any atom is -0.392 e. The average Bonchev–Trinajstić information content (AvgIpc) is 3.02. The Morgan fingerprint density at radius 1 is 1.40 bits per heavy atom. The van der Waals surface area contributed by atoms with Gasteiger partial charge in [0.2, 0.25) is 0 Å². The lowest BCUT2D eigenvalue weighted by Crippen LogP contribution is -2.51. The van der Waals surface area contributed by atoms with Gasteiger partial charge in [-0.2, -0.15) is 0 Å². The number of rotatable bonds is 7. The first-order valence-electron chi connectivity index (χ1n) is 8.17. The number of hydroxylamine groups is 1. The lowest BCUT2D eigenvalue weighted by Gasteiger charge is -2.26. The van der Waals surface area contributed by atoms with Gasteiger partial charge in [-0.3, -0.25) is 10.0 Å². The van der Waals surface area contributed by atoms with Gasteiger partial charge in [0.05, 0.1) is 5.71 Å². The summed E-state index contributed by atoms with van der Waals surface area (Å²) in [6.45, 7) is 3.39. The fraction of sp³-hybridized carbons (Fsp3) is 0.529. The van der Waals surface area contributed by atoms with Crippen molar-refractivity contribution in [1.29, 1.82) is 0 Å². The molecule has 0 saturated carbocycles. The largest absolute Gasteiger partial charge is 0.392 e. The molecular weight excluding hydrogens is 344 g/mol. The summed E-state index contributed by atoms with van der Waals surface area (Å²) in [7, 11) is -3.76. The Labute approximate surface area is 147 Å². The van der Waals surface area contributed by atoms with Gasteiger partial charge in [0, 0.05) is 19.1 Å². The molecule has 0 bridgehead atoms. The van der Waals surface area contributed by atoms with Crippen LogP contribution in [0.2, 0.25) is 0 Å². The summed E-state index contributed by atoms with van der Waals surface area (Å²) in [5, 5.41) is 12.9. The topological polar surface area (TPSA) is 105 Å². The Kier molecular flexibility index (Phi) is 5.84. The van der Waals surface area contributed by atoms with Gasteiger partial charge in [0.25, 0.3) is 5.91 Å². The standard InChI is InChI=1S/C17H24N2O5S/c1-4-5-12-6-8-13(9-7-12)15-10-14(24-19-15)11-17(2,16(20)18-21)25(3,22)23/h6-9,14,21H,4-5,10-11H2,1-3H3,(H,18,20). The second kappa shape index (κ2) is 7.53. The van der Waals surface area contributed by atoms with Crippen LogP contribution in [0.5, 0.6) is 0 Å². The Morgan fingerprint density at radius 3 is 2.56 bits per heavy atom. The van der Waals surface area contributed by atoms with E-state index in [9.17, 15) is 13.2 Å². The second-order valence-electron chi connectivity index (χ2n) is 6.56. The summed E-state index contributed by atoms with van der Waals surface area (Å²) < 4.78 is 22.3. The molecule has 2 unspecified atom stereocenters. The molecule has 25 heavy (non-hydrogen) atoms. The van der Waals surface area contributed by atoms with Crippen molar-refractivity contribution in [3.8, 4) is 0 Å². The number of carbonyl (C=O) groups is 1. The lowest BCUT2D eigenvalue weighted by atomic mass is 9.96. The van der Waals surface area contributed by atoms with Crippen LogP contribution < -0.4 is 5.48 Å². The van der Waals surface area contributed by atoms with Crippen LogP contribution in [-0.2, 0) is 25.9 Å². The van der Waals surface area contributed by atoms with Crippen LogP contribution in [0.25, 0.3) is 0 Å². The molecule has 0 fully saturated rings. The van der Waals surface area contributed by atoms with Crippen molar-refractivity contribution >= 4 is 21.5 Å². The summed E-state index contributed by atoms with van der Waals surface area (Å²) in [5.74, 6) is -0.976. The van der Waals surface area contributed by atoms with Crippen molar-refractivity contribution < 1.29 is 23.3 Å². The van der Waals surface area contributed by atoms with E-state index < -0.39 is 26.6 Å². The Hall–Kier alpha value is -1.93. The van der Waals surface area contributed by atoms with Crippen molar-refractivity contribution in [2.75, 3.05) is 6.26 Å². The first-order chi connectivity index (χ1) is 11.7. The van der Waals surface area contributed by atoms with E-state index in [4.69, 9.17) is 10.0 Å². The maximum absolute atomic E-state index is 12.0. The van der Waals surface area contributed by atoms with Gasteiger partial charge in [-0.25, -0.2) is 13.9 Å². The molecule has 1 amide bonds. The number of nitrogens with zero attached hydrogens (tertiary/aromatic N) is 1. The predicted molar refractivity (Wildman–Crippen MR) is 94.3 cm³/mol. The highest BCUT2D eigenvalue weighted by Gasteiger charge is 2.47. The van der Waals surface area contributed by atoms with Gasteiger partial charge in [0.1, 0.15) is 6.10 Å². The number of aryl methyl sites for hydroxylation is 1. The molecule has 1 heterocycles. The van der Waals surface area contributed by atoms with Crippen LogP contribution in [0.15, 0.2) is 29.4 Å². The molecule has 138 valence electrons. The van der Waals surface area contributed by atoms with Crippen molar-refractivity contribution in [3.05, 3.63) is 35.4 Å². The normalized spacial score (nSPS) is 19.7. The third kappa shape index (κ3) is 4.19. The Bertz CT molecular complexity index is 758. The van der Waals surface area contributed by atoms with Gasteiger partial charge in [-0.05, 0) is 24.5 Å². The molecule has 2 rings (SSSR count). The first-order valence-corrected chi connectivity index (χ1v) is 10.1. The molecule has 7 nitrogen and oxygen atoms in total. The van der Waals surface area contributed by atoms with Crippen molar-refractivity contribution in [2.24, 2.45) is 5.16 Å². The number of benzene rings is 1. The van der Waals surface area contributed by atoms with Gasteiger partial charge >= 0.3 is 0 Å². The Balaban J connectivity index is 2.09. The lowest BCUT2D eigenvalue weighted by molar-refractivity contribution is -0.132. The quantitative estimate of drug-likeness (QED) is 0.564. The number of hydrogen-bond donors (Lipinski definition) is 2. The van der Waals surface area contributed by atoms with E-state index >= 15 is 0 Å². The zero-order chi connectivity index (χ0) is 18.7. The molecule has 2 atom stereocenters. The number of sulfone groups is 1. The van der Waals surface area contributed by atoms with Crippen molar-refractivity contribution in [3.63, 3.8) is 0 Å². The highest BCUT2D eigenvalue weighted by Crippen LogP contribution is 2.29. The van der Waals surface area contributed by atoms with Gasteiger partial charge in [0.15, 0.2) is 14.6 Å². The van der Waals surface area contributed by atoms with Gasteiger partial charge in [-0.1, -0.05) is 42.8 Å². The van der Waals surface area contributed by atoms with E-state index in [0.717, 1.165) is 24.7 Å². The summed E-state index contributed by atoms with van der Waals surface area (Å²) in [5.41, 5.74) is 4.31. The molecule has 0 aliphatic carbocycles. The van der Waals surface area contributed by atoms with Crippen LogP contribution in [0, 0.1) is 0 Å². The van der Waals surface area contributed by atoms with Crippen LogP contribution in [0.1, 0.15) is 44.2 Å². The fourth-order valence-electron chi connectivity index (χ4n) is 2.83. The zero-order valence-corrected chi connectivity index (χ0v) is 15.5. The van der Waals surface area contributed by atoms with Crippen LogP contribution >= 0.6 is 0 Å². The molecule has 8 heteroatoms. The molecule has 0 radical (unpaired) electrons. The molecule has 1 aliphatic rings. The third-order valence-corrected chi connectivity index (χ3v) is 6.57. The number of oxime groups is 1. The molecule has 0 saturated heterocycles. The molecule has 1 aliphatic heterocycles. The van der Waals surface area contributed by atoms with Crippen LogP contribution in [-0.4, -0.2) is 42.4 Å². The summed E-state index contributed by atoms with van der Waals surface area (Å²) >= 11 is 0. The highest BCUT2D eigenvalue weighted by molar-refractivity contribution is 7.92. The highest BCUT2D eigenvalue weighted by atomic mass is 32.2. The summed E-state index contributed by atoms with van der Waals surface area (Å²) in [4.78, 5) is 17.2. The Morgan fingerprint density at radius 2 is 2.04 bits per heavy atom. The molecular formula is C17H24N2O5S. The van der Waals surface area contributed by atoms with Crippen LogP contribution in [0.3, 0.4) is 0 Å². The van der Waals surface area contributed by atoms with Crippen molar-refractivity contribution in [1.82, 2.24) is 5.48 Å². The molecule has 0 aromatic heterocycles. The van der Waals surface area contributed by atoms with E-state index in [2.05, 4.69) is 12.1 Å². The van der Waals surface area contributed by atoms with Crippen molar-refractivity contribution in [2.45, 2.75) is 50.4 Å². The van der Waals surface area contributed by atoms with E-state index in [1.165, 1.54) is 18.0 Å². The maximum atomic E-state index is 12.0. The third-order valence-electron chi connectivity index (χ3n) is 4.58. The minimum atomic E-state index is -3.76. The zero-order valence-electron chi connectivity index (χ0n) is 14.7. The minimum absolute atomic E-state index is 0.0981. The number of amides is 1. The first kappa shape index (κ1) is 19.4. The van der Waals surface area contributed by atoms with Crippen LogP contribution in [0.4, 0.5) is 0 Å². The van der Waals surface area contributed by atoms with Gasteiger partial charge < -0.3 is 4.84 Å². The van der Waals surface area contributed by atoms with E-state index in [-0.39, 0.29) is 6.42 Å². The number of hydrogen-bond acceptors (Lipinski definition) is 6. The fourth-order valence-corrected chi connectivity index (χ4v) is 3.70. The maximum Gasteiger partial charge on any atom is 0.264 e. The van der Waals surface area contributed by atoms with Gasteiger partial charge in [-0.15, -0.1) is 0 Å². The molecule has 1 aromatic rings. The molecule has 0 spiro atoms. The number of nitrogens with one attached hydrogen (secondary N) is 1. The van der Waals surface area contributed by atoms with E-state index in [1.54, 1.807) is 0 Å². The van der Waals surface area contributed by atoms with E-state index in [1.807, 2.05) is 24.3 Å². The molecule has 2 N–H and O–H groups in total. The molecule has 1 aromatic carbocycles. The second-order valence-corrected chi connectivity index (χ2v) is 9.01. The van der Waals surface area contributed by atoms with E-state index in [0.29, 0.717) is 12.1 Å². The predicted octanol–water partition coefficient (Wildman–Crippen LogP) is 1.83. The SMILES string of the molecule is CCCc1ccc(C2=NOC(CC(C)(C(=O)NO)S(C)(=O)=O)C2)cc1. The smallest absolute Gasteiger partial charge is 0.264 e. The average molecular weight is 368 g/mol.